The first-order valence-corrected chi connectivity index (χ1v) is 8.97. The summed E-state index contributed by atoms with van der Waals surface area (Å²) < 4.78 is 5.37. The molecule has 0 spiro atoms. The van der Waals surface area contributed by atoms with Gasteiger partial charge in [-0.3, -0.25) is 4.79 Å². The maximum atomic E-state index is 12.7. The summed E-state index contributed by atoms with van der Waals surface area (Å²) >= 11 is 0. The molecule has 1 saturated heterocycles. The van der Waals surface area contributed by atoms with E-state index in [0.717, 1.165) is 10.8 Å². The molecule has 1 N–H and O–H groups in total. The minimum absolute atomic E-state index is 0.0574. The van der Waals surface area contributed by atoms with Crippen molar-refractivity contribution in [3.05, 3.63) is 40.2 Å². The van der Waals surface area contributed by atoms with Crippen molar-refractivity contribution in [2.75, 3.05) is 19.0 Å². The molecule has 145 valence electrons. The second kappa shape index (κ2) is 6.35. The predicted octanol–water partition coefficient (Wildman–Crippen LogP) is 2.57. The summed E-state index contributed by atoms with van der Waals surface area (Å²) in [7, 11) is 3.79. The number of nitrogens with zero attached hydrogens (tertiary/aromatic N) is 2. The predicted molar refractivity (Wildman–Crippen MR) is 103 cm³/mol. The fraction of sp³-hybridized carbons (Fsp3) is 0.500. The SMILES string of the molecule is CN(C)c1ccc2cc(C(=O)NC3CC(C)(C)N([O])C3(C)C)c(=O)oc2c1. The Balaban J connectivity index is 1.91. The highest BCUT2D eigenvalue weighted by Crippen LogP contribution is 2.39. The van der Waals surface area contributed by atoms with Crippen molar-refractivity contribution in [1.82, 2.24) is 10.4 Å². The van der Waals surface area contributed by atoms with Crippen LogP contribution in [0.4, 0.5) is 5.69 Å². The molecular formula is C20H26N3O4. The molecule has 1 radical (unpaired) electrons. The summed E-state index contributed by atoms with van der Waals surface area (Å²) in [5, 5.41) is 17.0. The number of rotatable bonds is 3. The minimum Gasteiger partial charge on any atom is -0.422 e. The second-order valence-corrected chi connectivity index (χ2v) is 8.55. The van der Waals surface area contributed by atoms with Crippen molar-refractivity contribution in [1.29, 1.82) is 0 Å². The van der Waals surface area contributed by atoms with Gasteiger partial charge in [0.15, 0.2) is 0 Å². The standard InChI is InChI=1S/C20H26N3O4/c1-19(2)11-16(20(3,4)23(19)26)21-17(24)14-9-12-7-8-13(22(5)6)10-15(12)27-18(14)25/h7-10,16H,11H2,1-6H3,(H,21,24). The number of hydroxylamine groups is 2. The number of benzene rings is 1. The van der Waals surface area contributed by atoms with E-state index in [2.05, 4.69) is 5.32 Å². The van der Waals surface area contributed by atoms with Gasteiger partial charge in [0.1, 0.15) is 11.1 Å². The van der Waals surface area contributed by atoms with Crippen LogP contribution in [0.25, 0.3) is 11.0 Å². The van der Waals surface area contributed by atoms with E-state index in [-0.39, 0.29) is 11.6 Å². The minimum atomic E-state index is -0.767. The average Bonchev–Trinajstić information content (AvgIpc) is 2.73. The van der Waals surface area contributed by atoms with Crippen molar-refractivity contribution < 1.29 is 14.4 Å². The highest BCUT2D eigenvalue weighted by molar-refractivity contribution is 5.97. The number of anilines is 1. The van der Waals surface area contributed by atoms with Crippen LogP contribution in [-0.4, -0.2) is 42.2 Å². The third-order valence-corrected chi connectivity index (χ3v) is 5.42. The molecule has 0 aliphatic carbocycles. The number of carbonyl (C=O) groups is 1. The van der Waals surface area contributed by atoms with Gasteiger partial charge in [-0.2, -0.15) is 0 Å². The Morgan fingerprint density at radius 3 is 2.44 bits per heavy atom. The third-order valence-electron chi connectivity index (χ3n) is 5.42. The number of hydrogen-bond donors (Lipinski definition) is 1. The monoisotopic (exact) mass is 372 g/mol. The summed E-state index contributed by atoms with van der Waals surface area (Å²) in [5.74, 6) is -0.522. The van der Waals surface area contributed by atoms with Gasteiger partial charge in [-0.15, -0.1) is 10.3 Å². The summed E-state index contributed by atoms with van der Waals surface area (Å²) in [4.78, 5) is 27.0. The smallest absolute Gasteiger partial charge is 0.349 e. The van der Waals surface area contributed by atoms with Crippen molar-refractivity contribution in [2.45, 2.75) is 51.2 Å². The van der Waals surface area contributed by atoms with E-state index in [1.807, 2.05) is 45.0 Å². The van der Waals surface area contributed by atoms with Gasteiger partial charge in [-0.25, -0.2) is 4.79 Å². The Labute approximate surface area is 158 Å². The molecule has 7 nitrogen and oxygen atoms in total. The quantitative estimate of drug-likeness (QED) is 0.837. The fourth-order valence-corrected chi connectivity index (χ4v) is 3.75. The molecule has 1 aromatic heterocycles. The molecule has 7 heteroatoms. The summed E-state index contributed by atoms with van der Waals surface area (Å²) in [5.41, 5.74) is -0.776. The van der Waals surface area contributed by atoms with Gasteiger partial charge >= 0.3 is 5.63 Å². The first kappa shape index (κ1) is 19.4. The van der Waals surface area contributed by atoms with Crippen LogP contribution in [0, 0.1) is 0 Å². The molecular weight excluding hydrogens is 346 g/mol. The van der Waals surface area contributed by atoms with Crippen LogP contribution in [0.1, 0.15) is 44.5 Å². The number of carbonyl (C=O) groups excluding carboxylic acids is 1. The Kier molecular flexibility index (Phi) is 4.56. The number of fused-ring (bicyclic) bond motifs is 1. The average molecular weight is 372 g/mol. The molecule has 1 aliphatic heterocycles. The van der Waals surface area contributed by atoms with Crippen LogP contribution in [0.2, 0.25) is 0 Å². The second-order valence-electron chi connectivity index (χ2n) is 8.55. The van der Waals surface area contributed by atoms with Gasteiger partial charge in [0.25, 0.3) is 5.91 Å². The lowest BCUT2D eigenvalue weighted by atomic mass is 9.94. The molecule has 1 atom stereocenters. The molecule has 1 aliphatic rings. The zero-order valence-corrected chi connectivity index (χ0v) is 16.6. The van der Waals surface area contributed by atoms with Crippen LogP contribution in [0.5, 0.6) is 0 Å². The zero-order valence-electron chi connectivity index (χ0n) is 16.6. The van der Waals surface area contributed by atoms with E-state index in [9.17, 15) is 14.8 Å². The van der Waals surface area contributed by atoms with Crippen molar-refractivity contribution in [2.24, 2.45) is 0 Å². The zero-order chi connectivity index (χ0) is 20.1. The van der Waals surface area contributed by atoms with Gasteiger partial charge < -0.3 is 14.6 Å². The molecule has 2 aromatic rings. The summed E-state index contributed by atoms with van der Waals surface area (Å²) in [6.45, 7) is 7.29. The third kappa shape index (κ3) is 3.33. The first-order valence-electron chi connectivity index (χ1n) is 8.97. The van der Waals surface area contributed by atoms with E-state index in [0.29, 0.717) is 17.4 Å². The van der Waals surface area contributed by atoms with E-state index >= 15 is 0 Å². The molecule has 0 saturated carbocycles. The molecule has 1 aromatic carbocycles. The lowest BCUT2D eigenvalue weighted by Crippen LogP contribution is -2.52. The lowest BCUT2D eigenvalue weighted by molar-refractivity contribution is -0.246. The van der Waals surface area contributed by atoms with Crippen LogP contribution in [0.3, 0.4) is 0 Å². The van der Waals surface area contributed by atoms with Crippen LogP contribution >= 0.6 is 0 Å². The van der Waals surface area contributed by atoms with E-state index in [1.165, 1.54) is 6.07 Å². The first-order chi connectivity index (χ1) is 12.4. The molecule has 0 bridgehead atoms. The topological polar surface area (TPSA) is 85.7 Å². The molecule has 2 heterocycles. The van der Waals surface area contributed by atoms with Crippen LogP contribution in [0.15, 0.2) is 33.5 Å². The van der Waals surface area contributed by atoms with Gasteiger partial charge in [0.2, 0.25) is 0 Å². The van der Waals surface area contributed by atoms with Gasteiger partial charge in [0, 0.05) is 36.8 Å². The molecule has 3 rings (SSSR count). The van der Waals surface area contributed by atoms with Crippen molar-refractivity contribution in [3.63, 3.8) is 0 Å². The summed E-state index contributed by atoms with van der Waals surface area (Å²) in [6.07, 6.45) is 0.500. The van der Waals surface area contributed by atoms with E-state index < -0.39 is 22.6 Å². The normalized spacial score (nSPS) is 21.4. The molecule has 1 fully saturated rings. The van der Waals surface area contributed by atoms with Gasteiger partial charge in [-0.1, -0.05) is 0 Å². The molecule has 1 unspecified atom stereocenters. The Morgan fingerprint density at radius 1 is 1.22 bits per heavy atom. The van der Waals surface area contributed by atoms with Crippen molar-refractivity contribution in [3.8, 4) is 0 Å². The van der Waals surface area contributed by atoms with Crippen LogP contribution in [-0.2, 0) is 5.21 Å². The molecule has 27 heavy (non-hydrogen) atoms. The number of amides is 1. The number of nitrogens with one attached hydrogen (secondary N) is 1. The summed E-state index contributed by atoms with van der Waals surface area (Å²) in [6, 6.07) is 6.63. The maximum Gasteiger partial charge on any atom is 0.349 e. The Morgan fingerprint density at radius 2 is 1.89 bits per heavy atom. The number of hydrogen-bond acceptors (Lipinski definition) is 5. The lowest BCUT2D eigenvalue weighted by Gasteiger charge is -2.33. The highest BCUT2D eigenvalue weighted by Gasteiger charge is 2.53. The van der Waals surface area contributed by atoms with E-state index in [4.69, 9.17) is 4.42 Å². The molecule has 1 amide bonds. The van der Waals surface area contributed by atoms with Crippen LogP contribution < -0.4 is 15.8 Å². The Hall–Kier alpha value is -2.38. The highest BCUT2D eigenvalue weighted by atomic mass is 16.5. The van der Waals surface area contributed by atoms with Gasteiger partial charge in [0.05, 0.1) is 11.6 Å². The fourth-order valence-electron chi connectivity index (χ4n) is 3.75. The van der Waals surface area contributed by atoms with Crippen molar-refractivity contribution >= 4 is 22.6 Å². The largest absolute Gasteiger partial charge is 0.422 e. The Bertz CT molecular complexity index is 946. The van der Waals surface area contributed by atoms with Gasteiger partial charge in [-0.05, 0) is 52.3 Å². The maximum absolute atomic E-state index is 12.7. The van der Waals surface area contributed by atoms with E-state index in [1.54, 1.807) is 19.9 Å².